The largest absolute Gasteiger partial charge is 0.309 e. The minimum absolute atomic E-state index is 0.769. The summed E-state index contributed by atoms with van der Waals surface area (Å²) in [5.74, 6) is 1.54. The van der Waals surface area contributed by atoms with Gasteiger partial charge < -0.3 is 9.13 Å². The first-order valence-electron chi connectivity index (χ1n) is 19.7. The molecule has 0 unspecified atom stereocenters. The van der Waals surface area contributed by atoms with Gasteiger partial charge in [0.05, 0.1) is 56.5 Å². The van der Waals surface area contributed by atoms with Crippen LogP contribution < -0.4 is 0 Å². The molecule has 0 N–H and O–H groups in total. The third-order valence-electron chi connectivity index (χ3n) is 12.1. The van der Waals surface area contributed by atoms with Gasteiger partial charge in [0.1, 0.15) is 0 Å². The van der Waals surface area contributed by atoms with Gasteiger partial charge in [-0.05, 0) is 60.7 Å². The molecule has 0 spiro atoms. The molecule has 0 bridgehead atoms. The normalized spacial score (nSPS) is 12.1. The van der Waals surface area contributed by atoms with E-state index < -0.39 is 0 Å². The maximum Gasteiger partial charge on any atom is 0.156 e. The van der Waals surface area contributed by atoms with E-state index in [-0.39, 0.29) is 0 Å². The van der Waals surface area contributed by atoms with Crippen LogP contribution in [0, 0.1) is 0 Å². The maximum atomic E-state index is 5.31. The SMILES string of the molecule is c1ccc(-n2c3ccccc3c3c2ccc2c4ccccc4n(-c4cnc(-n5c6ccccc6c6ccc7c(c8ccccc8n7-c7ccccc7)c65)cn4)c23)cc1. The van der Waals surface area contributed by atoms with Gasteiger partial charge in [-0.2, -0.15) is 0 Å². The van der Waals surface area contributed by atoms with E-state index in [0.717, 1.165) is 56.1 Å². The summed E-state index contributed by atoms with van der Waals surface area (Å²) in [6.45, 7) is 0. The van der Waals surface area contributed by atoms with E-state index in [1.54, 1.807) is 0 Å². The van der Waals surface area contributed by atoms with Gasteiger partial charge in [-0.1, -0.05) is 121 Å². The summed E-state index contributed by atoms with van der Waals surface area (Å²) in [5.41, 5.74) is 11.3. The zero-order valence-electron chi connectivity index (χ0n) is 31.2. The molecule has 0 radical (unpaired) electrons. The van der Waals surface area contributed by atoms with Crippen LogP contribution in [0.4, 0.5) is 0 Å². The van der Waals surface area contributed by atoms with Gasteiger partial charge in [0.2, 0.25) is 0 Å². The summed E-state index contributed by atoms with van der Waals surface area (Å²) >= 11 is 0. The van der Waals surface area contributed by atoms with E-state index >= 15 is 0 Å². The molecule has 13 aromatic rings. The van der Waals surface area contributed by atoms with Crippen LogP contribution in [-0.2, 0) is 0 Å². The van der Waals surface area contributed by atoms with Gasteiger partial charge in [-0.15, -0.1) is 0 Å². The lowest BCUT2D eigenvalue weighted by molar-refractivity contribution is 0.991. The van der Waals surface area contributed by atoms with Crippen molar-refractivity contribution in [3.63, 3.8) is 0 Å². The predicted octanol–water partition coefficient (Wildman–Crippen LogP) is 12.9. The molecule has 0 aliphatic heterocycles. The second-order valence-electron chi connectivity index (χ2n) is 15.0. The lowest BCUT2D eigenvalue weighted by Gasteiger charge is -2.11. The quantitative estimate of drug-likeness (QED) is 0.180. The lowest BCUT2D eigenvalue weighted by Crippen LogP contribution is -2.03. The van der Waals surface area contributed by atoms with Crippen molar-refractivity contribution in [2.24, 2.45) is 0 Å². The summed E-state index contributed by atoms with van der Waals surface area (Å²) in [6.07, 6.45) is 3.90. The Morgan fingerprint density at radius 1 is 0.259 bits per heavy atom. The summed E-state index contributed by atoms with van der Waals surface area (Å²) in [6, 6.07) is 65.1. The molecule has 0 saturated carbocycles. The van der Waals surface area contributed by atoms with E-state index in [0.29, 0.717) is 0 Å². The minimum atomic E-state index is 0.769. The zero-order valence-corrected chi connectivity index (χ0v) is 31.2. The highest BCUT2D eigenvalue weighted by Crippen LogP contribution is 2.43. The first-order valence-corrected chi connectivity index (χ1v) is 19.7. The average Bonchev–Trinajstić information content (AvgIpc) is 4.02. The Morgan fingerprint density at radius 2 is 0.603 bits per heavy atom. The van der Waals surface area contributed by atoms with Crippen LogP contribution in [-0.4, -0.2) is 28.2 Å². The molecular weight excluding hydrogens is 709 g/mol. The molecule has 13 rings (SSSR count). The number of rotatable bonds is 4. The minimum Gasteiger partial charge on any atom is -0.309 e. The van der Waals surface area contributed by atoms with E-state index in [2.05, 4.69) is 200 Å². The Hall–Kier alpha value is -7.96. The van der Waals surface area contributed by atoms with Crippen LogP contribution in [0.15, 0.2) is 194 Å². The highest BCUT2D eigenvalue weighted by atomic mass is 15.1. The maximum absolute atomic E-state index is 5.31. The third kappa shape index (κ3) is 4.15. The first-order chi connectivity index (χ1) is 28.8. The monoisotopic (exact) mass is 740 g/mol. The second kappa shape index (κ2) is 11.8. The van der Waals surface area contributed by atoms with Gasteiger partial charge in [0.25, 0.3) is 0 Å². The molecule has 8 aromatic carbocycles. The fraction of sp³-hybridized carbons (Fsp3) is 0. The molecule has 0 fully saturated rings. The van der Waals surface area contributed by atoms with Gasteiger partial charge >= 0.3 is 0 Å². The van der Waals surface area contributed by atoms with Crippen LogP contribution in [0.2, 0.25) is 0 Å². The molecule has 0 aliphatic carbocycles. The molecule has 0 saturated heterocycles. The Bertz CT molecular complexity index is 3520. The fourth-order valence-corrected chi connectivity index (χ4v) is 9.75. The van der Waals surface area contributed by atoms with Crippen molar-refractivity contribution in [3.05, 3.63) is 194 Å². The molecular formula is C52H32N6. The summed E-state index contributed by atoms with van der Waals surface area (Å²) in [4.78, 5) is 10.6. The molecule has 0 aliphatic rings. The average molecular weight is 741 g/mol. The van der Waals surface area contributed by atoms with E-state index in [1.807, 2.05) is 12.4 Å². The van der Waals surface area contributed by atoms with E-state index in [9.17, 15) is 0 Å². The number of hydrogen-bond donors (Lipinski definition) is 0. The van der Waals surface area contributed by atoms with Crippen molar-refractivity contribution < 1.29 is 0 Å². The van der Waals surface area contributed by atoms with Gasteiger partial charge in [0.15, 0.2) is 11.6 Å². The van der Waals surface area contributed by atoms with Crippen LogP contribution in [0.5, 0.6) is 0 Å². The van der Waals surface area contributed by atoms with Gasteiger partial charge in [-0.25, -0.2) is 9.97 Å². The molecule has 0 amide bonds. The summed E-state index contributed by atoms with van der Waals surface area (Å²) < 4.78 is 9.36. The van der Waals surface area contributed by atoms with Crippen LogP contribution in [0.1, 0.15) is 0 Å². The van der Waals surface area contributed by atoms with Crippen molar-refractivity contribution >= 4 is 87.2 Å². The first kappa shape index (κ1) is 31.3. The van der Waals surface area contributed by atoms with E-state index in [4.69, 9.17) is 9.97 Å². The molecule has 6 nitrogen and oxygen atoms in total. The van der Waals surface area contributed by atoms with Crippen molar-refractivity contribution in [2.75, 3.05) is 0 Å². The Morgan fingerprint density at radius 3 is 1.00 bits per heavy atom. The Labute approximate surface area is 331 Å². The summed E-state index contributed by atoms with van der Waals surface area (Å²) in [5, 5.41) is 9.52. The number of para-hydroxylation sites is 6. The van der Waals surface area contributed by atoms with Crippen molar-refractivity contribution in [2.45, 2.75) is 0 Å². The van der Waals surface area contributed by atoms with Crippen molar-refractivity contribution in [1.29, 1.82) is 0 Å². The number of hydrogen-bond acceptors (Lipinski definition) is 2. The van der Waals surface area contributed by atoms with Crippen molar-refractivity contribution in [1.82, 2.24) is 28.2 Å². The topological polar surface area (TPSA) is 45.5 Å². The number of fused-ring (bicyclic) bond motifs is 14. The molecule has 270 valence electrons. The predicted molar refractivity (Wildman–Crippen MR) is 239 cm³/mol. The number of nitrogens with zero attached hydrogens (tertiary/aromatic N) is 6. The molecule has 6 heteroatoms. The third-order valence-corrected chi connectivity index (χ3v) is 12.1. The number of benzene rings is 8. The van der Waals surface area contributed by atoms with Gasteiger partial charge in [-0.3, -0.25) is 9.13 Å². The van der Waals surface area contributed by atoms with Crippen molar-refractivity contribution in [3.8, 4) is 23.0 Å². The van der Waals surface area contributed by atoms with Crippen LogP contribution in [0.25, 0.3) is 110 Å². The molecule has 5 aromatic heterocycles. The standard InChI is InChI=1S/C52H32N6/c1-3-15-33(16-4-1)55-43-25-13-9-21-39(43)49-45(55)29-27-37-35-19-7-11-23-41(35)57(51(37)49)47-31-54-48(32-53-47)58-42-24-12-8-20-36(42)38-28-30-46-50(52(38)58)40-22-10-14-26-44(40)56(46)34-17-5-2-6-18-34/h1-32H. The lowest BCUT2D eigenvalue weighted by atomic mass is 10.1. The van der Waals surface area contributed by atoms with Gasteiger partial charge in [0, 0.05) is 54.5 Å². The Kier molecular flexibility index (Phi) is 6.35. The smallest absolute Gasteiger partial charge is 0.156 e. The zero-order chi connectivity index (χ0) is 37.9. The highest BCUT2D eigenvalue weighted by molar-refractivity contribution is 6.27. The highest BCUT2D eigenvalue weighted by Gasteiger charge is 2.23. The fourth-order valence-electron chi connectivity index (χ4n) is 9.75. The summed E-state index contributed by atoms with van der Waals surface area (Å²) in [7, 11) is 0. The van der Waals surface area contributed by atoms with Crippen LogP contribution in [0.3, 0.4) is 0 Å². The molecule has 58 heavy (non-hydrogen) atoms. The number of aromatic nitrogens is 6. The Balaban J connectivity index is 1.09. The molecule has 0 atom stereocenters. The second-order valence-corrected chi connectivity index (χ2v) is 15.0. The van der Waals surface area contributed by atoms with E-state index in [1.165, 1.54) is 54.1 Å². The molecule has 5 heterocycles. The van der Waals surface area contributed by atoms with Crippen LogP contribution >= 0.6 is 0 Å².